The minimum Gasteiger partial charge on any atom is -0.383 e. The molecule has 0 spiro atoms. The highest BCUT2D eigenvalue weighted by atomic mass is 35.5. The van der Waals surface area contributed by atoms with Crippen LogP contribution in [0.4, 0.5) is 5.69 Å². The summed E-state index contributed by atoms with van der Waals surface area (Å²) in [6.07, 6.45) is 5.86. The van der Waals surface area contributed by atoms with Gasteiger partial charge in [-0.2, -0.15) is 5.26 Å². The van der Waals surface area contributed by atoms with Crippen LogP contribution in [0.3, 0.4) is 0 Å². The predicted octanol–water partition coefficient (Wildman–Crippen LogP) is 3.55. The fourth-order valence-corrected chi connectivity index (χ4v) is 3.59. The van der Waals surface area contributed by atoms with Crippen LogP contribution in [-0.4, -0.2) is 43.8 Å². The zero-order valence-corrected chi connectivity index (χ0v) is 16.1. The van der Waals surface area contributed by atoms with E-state index in [4.69, 9.17) is 28.0 Å². The SMILES string of the molecule is C#C[C@@H]1CN(Cc2ccc(C#N)cc2)[C@@H](COC)CN1c1ccc(Cl)cc1. The molecule has 4 nitrogen and oxygen atoms in total. The van der Waals surface area contributed by atoms with Gasteiger partial charge in [-0.1, -0.05) is 29.7 Å². The Bertz CT molecular complexity index is 836. The van der Waals surface area contributed by atoms with E-state index in [9.17, 15) is 0 Å². The van der Waals surface area contributed by atoms with Gasteiger partial charge in [0.05, 0.1) is 24.3 Å². The van der Waals surface area contributed by atoms with E-state index in [0.717, 1.165) is 30.9 Å². The van der Waals surface area contributed by atoms with Gasteiger partial charge in [-0.15, -0.1) is 6.42 Å². The number of methoxy groups -OCH3 is 1. The monoisotopic (exact) mass is 379 g/mol. The Morgan fingerprint density at radius 2 is 1.85 bits per heavy atom. The van der Waals surface area contributed by atoms with E-state index in [1.165, 1.54) is 0 Å². The normalized spacial score (nSPS) is 20.1. The van der Waals surface area contributed by atoms with E-state index in [2.05, 4.69) is 21.8 Å². The van der Waals surface area contributed by atoms with Crippen molar-refractivity contribution in [2.75, 3.05) is 31.7 Å². The number of ether oxygens (including phenoxy) is 1. The summed E-state index contributed by atoms with van der Waals surface area (Å²) in [5, 5.41) is 9.68. The highest BCUT2D eigenvalue weighted by molar-refractivity contribution is 6.30. The van der Waals surface area contributed by atoms with Crippen molar-refractivity contribution in [1.82, 2.24) is 4.90 Å². The van der Waals surface area contributed by atoms with Gasteiger partial charge in [0.15, 0.2) is 0 Å². The van der Waals surface area contributed by atoms with Gasteiger partial charge in [0, 0.05) is 37.5 Å². The van der Waals surface area contributed by atoms with Crippen molar-refractivity contribution in [1.29, 1.82) is 5.26 Å². The van der Waals surface area contributed by atoms with Crippen LogP contribution in [0.5, 0.6) is 0 Å². The van der Waals surface area contributed by atoms with Gasteiger partial charge in [0.1, 0.15) is 6.04 Å². The molecule has 0 aromatic heterocycles. The average molecular weight is 380 g/mol. The van der Waals surface area contributed by atoms with Gasteiger partial charge in [-0.3, -0.25) is 4.90 Å². The van der Waals surface area contributed by atoms with Crippen molar-refractivity contribution in [2.24, 2.45) is 0 Å². The zero-order valence-electron chi connectivity index (χ0n) is 15.3. The molecule has 1 heterocycles. The van der Waals surface area contributed by atoms with Gasteiger partial charge < -0.3 is 9.64 Å². The van der Waals surface area contributed by atoms with E-state index < -0.39 is 0 Å². The third-order valence-electron chi connectivity index (χ3n) is 4.89. The highest BCUT2D eigenvalue weighted by Crippen LogP contribution is 2.26. The van der Waals surface area contributed by atoms with E-state index in [1.54, 1.807) is 7.11 Å². The first-order chi connectivity index (χ1) is 13.1. The van der Waals surface area contributed by atoms with E-state index in [1.807, 2.05) is 48.5 Å². The number of anilines is 1. The number of terminal acetylenes is 1. The fraction of sp³-hybridized carbons (Fsp3) is 0.318. The summed E-state index contributed by atoms with van der Waals surface area (Å²) in [4.78, 5) is 4.61. The maximum absolute atomic E-state index is 8.97. The average Bonchev–Trinajstić information content (AvgIpc) is 2.70. The van der Waals surface area contributed by atoms with Crippen molar-refractivity contribution in [3.63, 3.8) is 0 Å². The molecular formula is C22H22ClN3O. The molecule has 2 aromatic rings. The van der Waals surface area contributed by atoms with Gasteiger partial charge in [0.25, 0.3) is 0 Å². The Morgan fingerprint density at radius 3 is 2.44 bits per heavy atom. The van der Waals surface area contributed by atoms with Crippen molar-refractivity contribution in [2.45, 2.75) is 18.6 Å². The molecule has 0 radical (unpaired) electrons. The Kier molecular flexibility index (Phi) is 6.37. The molecule has 0 aliphatic carbocycles. The molecule has 1 fully saturated rings. The van der Waals surface area contributed by atoms with Crippen LogP contribution < -0.4 is 4.90 Å². The lowest BCUT2D eigenvalue weighted by molar-refractivity contribution is 0.0707. The molecule has 1 aliphatic rings. The Labute approximate surface area is 165 Å². The van der Waals surface area contributed by atoms with Crippen LogP contribution >= 0.6 is 11.6 Å². The number of nitriles is 1. The Balaban J connectivity index is 1.80. The molecule has 0 unspecified atom stereocenters. The molecular weight excluding hydrogens is 358 g/mol. The number of piperazine rings is 1. The standard InChI is InChI=1S/C22H22ClN3O/c1-3-20-14-25(13-18-6-4-17(12-24)5-7-18)22(16-27-2)15-26(20)21-10-8-19(23)9-11-21/h1,4-11,20,22H,13-16H2,2H3/t20-,22-/m1/s1. The van der Waals surface area contributed by atoms with Gasteiger partial charge in [-0.25, -0.2) is 0 Å². The Hall–Kier alpha value is -2.50. The lowest BCUT2D eigenvalue weighted by Crippen LogP contribution is -2.59. The molecule has 1 aliphatic heterocycles. The van der Waals surface area contributed by atoms with E-state index >= 15 is 0 Å². The van der Waals surface area contributed by atoms with Gasteiger partial charge in [0.2, 0.25) is 0 Å². The van der Waals surface area contributed by atoms with Crippen LogP contribution in [0.15, 0.2) is 48.5 Å². The van der Waals surface area contributed by atoms with Crippen LogP contribution in [0.2, 0.25) is 5.02 Å². The second-order valence-corrected chi connectivity index (χ2v) is 7.10. The number of hydrogen-bond donors (Lipinski definition) is 0. The second kappa shape index (κ2) is 8.93. The summed E-state index contributed by atoms with van der Waals surface area (Å²) < 4.78 is 5.47. The molecule has 2 aromatic carbocycles. The molecule has 5 heteroatoms. The topological polar surface area (TPSA) is 39.5 Å². The van der Waals surface area contributed by atoms with Crippen LogP contribution in [0.25, 0.3) is 0 Å². The highest BCUT2D eigenvalue weighted by Gasteiger charge is 2.33. The van der Waals surface area contributed by atoms with Gasteiger partial charge in [-0.05, 0) is 42.0 Å². The number of hydrogen-bond acceptors (Lipinski definition) is 4. The third-order valence-corrected chi connectivity index (χ3v) is 5.14. The van der Waals surface area contributed by atoms with Crippen molar-refractivity contribution in [3.8, 4) is 18.4 Å². The molecule has 0 N–H and O–H groups in total. The lowest BCUT2D eigenvalue weighted by atomic mass is 10.0. The smallest absolute Gasteiger partial charge is 0.103 e. The first-order valence-electron chi connectivity index (χ1n) is 8.85. The maximum Gasteiger partial charge on any atom is 0.103 e. The maximum atomic E-state index is 8.97. The second-order valence-electron chi connectivity index (χ2n) is 6.66. The van der Waals surface area contributed by atoms with Crippen LogP contribution in [0.1, 0.15) is 11.1 Å². The molecule has 27 heavy (non-hydrogen) atoms. The molecule has 138 valence electrons. The first kappa shape index (κ1) is 19.3. The summed E-state index contributed by atoms with van der Waals surface area (Å²) in [5.74, 6) is 2.93. The molecule has 0 saturated carbocycles. The van der Waals surface area contributed by atoms with Gasteiger partial charge >= 0.3 is 0 Å². The minimum atomic E-state index is -0.0299. The molecule has 0 bridgehead atoms. The number of halogens is 1. The summed E-state index contributed by atoms with van der Waals surface area (Å²) in [6, 6.07) is 17.8. The number of benzene rings is 2. The van der Waals surface area contributed by atoms with Crippen molar-refractivity contribution < 1.29 is 4.74 Å². The van der Waals surface area contributed by atoms with E-state index in [0.29, 0.717) is 17.2 Å². The van der Waals surface area contributed by atoms with E-state index in [-0.39, 0.29) is 12.1 Å². The lowest BCUT2D eigenvalue weighted by Gasteiger charge is -2.45. The molecule has 3 rings (SSSR count). The van der Waals surface area contributed by atoms with Crippen LogP contribution in [-0.2, 0) is 11.3 Å². The molecule has 1 saturated heterocycles. The third kappa shape index (κ3) is 4.62. The quantitative estimate of drug-likeness (QED) is 0.745. The fourth-order valence-electron chi connectivity index (χ4n) is 3.46. The summed E-state index contributed by atoms with van der Waals surface area (Å²) >= 11 is 6.03. The minimum absolute atomic E-state index is 0.0299. The van der Waals surface area contributed by atoms with Crippen LogP contribution in [0, 0.1) is 23.7 Å². The number of rotatable bonds is 5. The summed E-state index contributed by atoms with van der Waals surface area (Å²) in [7, 11) is 1.72. The number of nitrogens with zero attached hydrogens (tertiary/aromatic N) is 3. The molecule has 0 amide bonds. The predicted molar refractivity (Wildman–Crippen MR) is 109 cm³/mol. The molecule has 2 atom stereocenters. The first-order valence-corrected chi connectivity index (χ1v) is 9.22. The van der Waals surface area contributed by atoms with Crippen molar-refractivity contribution >= 4 is 17.3 Å². The summed E-state index contributed by atoms with van der Waals surface area (Å²) in [5.41, 5.74) is 2.90. The Morgan fingerprint density at radius 1 is 1.15 bits per heavy atom. The summed E-state index contributed by atoms with van der Waals surface area (Å²) in [6.45, 7) is 2.91. The largest absolute Gasteiger partial charge is 0.383 e. The zero-order chi connectivity index (χ0) is 19.2. The van der Waals surface area contributed by atoms with Crippen molar-refractivity contribution in [3.05, 3.63) is 64.7 Å².